The number of nitrogens with zero attached hydrogens (tertiary/aromatic N) is 3. The molecule has 0 aliphatic carbocycles. The molecule has 0 saturated heterocycles. The largest absolute Gasteiger partial charge is 0.485 e. The number of hydrogen-bond donors (Lipinski definition) is 1. The van der Waals surface area contributed by atoms with Gasteiger partial charge in [-0.05, 0) is 70.4 Å². The number of nitro groups is 1. The molecule has 1 aliphatic rings. The van der Waals surface area contributed by atoms with Crippen LogP contribution in [0.1, 0.15) is 55.4 Å². The number of rotatable bonds is 4. The molecule has 1 N–H and O–H groups in total. The molecule has 0 spiro atoms. The summed E-state index contributed by atoms with van der Waals surface area (Å²) in [5.74, 6) is 1.14. The van der Waals surface area contributed by atoms with Crippen LogP contribution in [-0.2, 0) is 0 Å². The minimum Gasteiger partial charge on any atom is -0.485 e. The Morgan fingerprint density at radius 3 is 2.61 bits per heavy atom. The number of aryl methyl sites for hydroxylation is 1. The van der Waals surface area contributed by atoms with Gasteiger partial charge in [-0.15, -0.1) is 0 Å². The highest BCUT2D eigenvalue weighted by Gasteiger charge is 2.45. The smallest absolute Gasteiger partial charge is 0.229 e. The van der Waals surface area contributed by atoms with Crippen LogP contribution in [-0.4, -0.2) is 32.2 Å². The van der Waals surface area contributed by atoms with Gasteiger partial charge in [-0.1, -0.05) is 6.08 Å². The minimum absolute atomic E-state index is 0.333. The van der Waals surface area contributed by atoms with E-state index in [9.17, 15) is 15.2 Å². The molecule has 9 heteroatoms. The highest BCUT2D eigenvalue weighted by atomic mass is 32.1. The fraction of sp³-hybridized carbons (Fsp3) is 0.455. The van der Waals surface area contributed by atoms with Gasteiger partial charge in [0.15, 0.2) is 6.10 Å². The molecule has 1 aromatic carbocycles. The van der Waals surface area contributed by atoms with Crippen molar-refractivity contribution in [1.82, 2.24) is 4.37 Å². The lowest BCUT2D eigenvalue weighted by Crippen LogP contribution is -2.50. The molecule has 3 rings (SSSR count). The first kappa shape index (κ1) is 24.3. The van der Waals surface area contributed by atoms with Crippen LogP contribution in [0.3, 0.4) is 0 Å². The van der Waals surface area contributed by atoms with E-state index in [0.29, 0.717) is 22.8 Å². The van der Waals surface area contributed by atoms with Crippen molar-refractivity contribution in [2.24, 2.45) is 0 Å². The number of ether oxygens (including phenoxy) is 2. The quantitative estimate of drug-likeness (QED) is 0.418. The van der Waals surface area contributed by atoms with Gasteiger partial charge in [0.25, 0.3) is 0 Å². The van der Waals surface area contributed by atoms with Crippen LogP contribution in [0.2, 0.25) is 0 Å². The van der Waals surface area contributed by atoms with Gasteiger partial charge in [0.05, 0.1) is 11.6 Å². The van der Waals surface area contributed by atoms with E-state index in [1.54, 1.807) is 44.2 Å². The van der Waals surface area contributed by atoms with Crippen molar-refractivity contribution < 1.29 is 19.5 Å². The third-order valence-electron chi connectivity index (χ3n) is 4.97. The maximum absolute atomic E-state index is 10.7. The van der Waals surface area contributed by atoms with Crippen LogP contribution < -0.4 is 9.47 Å². The van der Waals surface area contributed by atoms with E-state index in [1.165, 1.54) is 11.5 Å². The lowest BCUT2D eigenvalue weighted by Gasteiger charge is -2.41. The second-order valence-electron chi connectivity index (χ2n) is 7.77. The fourth-order valence-electron chi connectivity index (χ4n) is 2.92. The number of allylic oxidation sites excluding steroid dienone is 1. The molecule has 1 aromatic heterocycles. The average molecular weight is 446 g/mol. The SMILES string of the molecule is C/C=C\C(C)[N+](=O)[O-].Cc1snc(O[C@@H]2c3cc(C#N)ccc3OC(C)(C)[C@H]2O)c1C. The number of aliphatic hydroxyl groups excluding tert-OH is 1. The molecule has 0 amide bonds. The molecule has 3 atom stereocenters. The van der Waals surface area contributed by atoms with Crippen LogP contribution >= 0.6 is 11.5 Å². The number of aromatic nitrogens is 1. The van der Waals surface area contributed by atoms with Gasteiger partial charge in [0.1, 0.15) is 17.5 Å². The van der Waals surface area contributed by atoms with Gasteiger partial charge in [0.2, 0.25) is 11.9 Å². The van der Waals surface area contributed by atoms with Gasteiger partial charge in [0, 0.05) is 27.9 Å². The summed E-state index contributed by atoms with van der Waals surface area (Å²) in [5.41, 5.74) is 1.33. The molecular formula is C22H27N3O5S. The number of fused-ring (bicyclic) bond motifs is 1. The van der Waals surface area contributed by atoms with E-state index >= 15 is 0 Å². The summed E-state index contributed by atoms with van der Waals surface area (Å²) in [6, 6.07) is 6.71. The van der Waals surface area contributed by atoms with E-state index in [1.807, 2.05) is 27.7 Å². The molecule has 2 heterocycles. The zero-order valence-corrected chi connectivity index (χ0v) is 19.3. The molecule has 166 valence electrons. The lowest BCUT2D eigenvalue weighted by atomic mass is 9.87. The van der Waals surface area contributed by atoms with Crippen LogP contribution in [0, 0.1) is 35.3 Å². The fourth-order valence-corrected chi connectivity index (χ4v) is 3.54. The Bertz CT molecular complexity index is 1010. The summed E-state index contributed by atoms with van der Waals surface area (Å²) in [6.45, 7) is 10.9. The Hall–Kier alpha value is -2.96. The molecule has 0 bridgehead atoms. The van der Waals surface area contributed by atoms with Gasteiger partial charge in [-0.2, -0.15) is 9.64 Å². The summed E-state index contributed by atoms with van der Waals surface area (Å²) in [5, 5.41) is 29.7. The van der Waals surface area contributed by atoms with E-state index in [-0.39, 0.29) is 4.92 Å². The molecule has 8 nitrogen and oxygen atoms in total. The monoisotopic (exact) mass is 445 g/mol. The summed E-state index contributed by atoms with van der Waals surface area (Å²) in [4.78, 5) is 10.6. The number of nitriles is 1. The van der Waals surface area contributed by atoms with Crippen molar-refractivity contribution in [2.45, 2.75) is 65.4 Å². The topological polar surface area (TPSA) is 119 Å². The zero-order chi connectivity index (χ0) is 23.3. The summed E-state index contributed by atoms with van der Waals surface area (Å²) in [7, 11) is 0. The Morgan fingerprint density at radius 1 is 1.45 bits per heavy atom. The minimum atomic E-state index is -0.884. The molecular weight excluding hydrogens is 418 g/mol. The van der Waals surface area contributed by atoms with E-state index in [0.717, 1.165) is 10.4 Å². The third-order valence-corrected chi connectivity index (χ3v) is 5.81. The second kappa shape index (κ2) is 9.90. The summed E-state index contributed by atoms with van der Waals surface area (Å²) in [6.07, 6.45) is 1.69. The van der Waals surface area contributed by atoms with Crippen molar-refractivity contribution in [3.63, 3.8) is 0 Å². The Labute approximate surface area is 186 Å². The Kier molecular flexibility index (Phi) is 7.76. The average Bonchev–Trinajstić information content (AvgIpc) is 3.03. The summed E-state index contributed by atoms with van der Waals surface area (Å²) >= 11 is 1.37. The van der Waals surface area contributed by atoms with Gasteiger partial charge in [-0.3, -0.25) is 10.1 Å². The first-order valence-corrected chi connectivity index (χ1v) is 10.6. The predicted molar refractivity (Wildman–Crippen MR) is 118 cm³/mol. The predicted octanol–water partition coefficient (Wildman–Crippen LogP) is 4.51. The number of aliphatic hydroxyl groups is 1. The molecule has 0 radical (unpaired) electrons. The molecule has 0 fully saturated rings. The molecule has 1 unspecified atom stereocenters. The van der Waals surface area contributed by atoms with Gasteiger partial charge < -0.3 is 14.6 Å². The van der Waals surface area contributed by atoms with Crippen molar-refractivity contribution >= 4 is 11.5 Å². The van der Waals surface area contributed by atoms with Crippen molar-refractivity contribution in [3.8, 4) is 17.7 Å². The maximum atomic E-state index is 10.7. The number of benzene rings is 1. The van der Waals surface area contributed by atoms with Crippen LogP contribution in [0.4, 0.5) is 0 Å². The second-order valence-corrected chi connectivity index (χ2v) is 8.75. The van der Waals surface area contributed by atoms with E-state index < -0.39 is 23.9 Å². The van der Waals surface area contributed by atoms with Crippen LogP contribution in [0.5, 0.6) is 11.6 Å². The Morgan fingerprint density at radius 2 is 2.13 bits per heavy atom. The molecule has 0 saturated carbocycles. The summed E-state index contributed by atoms with van der Waals surface area (Å²) < 4.78 is 16.2. The molecule has 1 aliphatic heterocycles. The highest BCUT2D eigenvalue weighted by molar-refractivity contribution is 7.06. The molecule has 2 aromatic rings. The normalized spacial score (nSPS) is 19.9. The van der Waals surface area contributed by atoms with Gasteiger partial charge >= 0.3 is 0 Å². The van der Waals surface area contributed by atoms with Crippen molar-refractivity contribution in [2.75, 3.05) is 0 Å². The standard InChI is InChI=1S/C17H18N2O3S.C5H9NO2/c1-9-10(2)23-19-16(9)21-14-12-7-11(8-18)5-6-13(12)22-17(3,4)15(14)20;1-3-4-5(2)6(7)8/h5-7,14-15,20H,1-4H3;3-5H,1-2H3/b;4-3-/t14-,15+;/m1./s1. The van der Waals surface area contributed by atoms with Gasteiger partial charge in [-0.25, -0.2) is 0 Å². The van der Waals surface area contributed by atoms with Crippen molar-refractivity contribution in [3.05, 3.63) is 62.0 Å². The van der Waals surface area contributed by atoms with Crippen LogP contribution in [0.25, 0.3) is 0 Å². The third kappa shape index (κ3) is 5.60. The Balaban J connectivity index is 0.000000366. The first-order chi connectivity index (χ1) is 14.5. The van der Waals surface area contributed by atoms with Crippen molar-refractivity contribution in [1.29, 1.82) is 5.26 Å². The zero-order valence-electron chi connectivity index (χ0n) is 18.4. The lowest BCUT2D eigenvalue weighted by molar-refractivity contribution is -0.504. The highest BCUT2D eigenvalue weighted by Crippen LogP contribution is 2.43. The van der Waals surface area contributed by atoms with E-state index in [2.05, 4.69) is 10.4 Å². The number of hydrogen-bond acceptors (Lipinski definition) is 8. The van der Waals surface area contributed by atoms with E-state index in [4.69, 9.17) is 14.7 Å². The maximum Gasteiger partial charge on any atom is 0.229 e. The van der Waals surface area contributed by atoms with Crippen LogP contribution in [0.15, 0.2) is 30.4 Å². The molecule has 31 heavy (non-hydrogen) atoms. The first-order valence-electron chi connectivity index (χ1n) is 9.78.